The first-order valence-corrected chi connectivity index (χ1v) is 9.74. The lowest BCUT2D eigenvalue weighted by atomic mass is 10.1. The topological polar surface area (TPSA) is 84.1 Å². The molecule has 10 heteroatoms. The van der Waals surface area contributed by atoms with Gasteiger partial charge >= 0.3 is 0 Å². The Morgan fingerprint density at radius 1 is 1.36 bits per heavy atom. The number of halogens is 3. The Morgan fingerprint density at radius 3 is 2.82 bits per heavy atom. The summed E-state index contributed by atoms with van der Waals surface area (Å²) in [4.78, 5) is 20.3. The average Bonchev–Trinajstić information content (AvgIpc) is 2.70. The molecule has 146 valence electrons. The molecule has 1 aliphatic rings. The average molecular weight is 440 g/mol. The van der Waals surface area contributed by atoms with Crippen molar-refractivity contribution in [3.05, 3.63) is 57.8 Å². The molecule has 0 spiro atoms. The highest BCUT2D eigenvalue weighted by Crippen LogP contribution is 2.28. The Hall–Kier alpha value is -2.16. The summed E-state index contributed by atoms with van der Waals surface area (Å²) in [5.74, 6) is -0.278. The smallest absolute Gasteiger partial charge is 0.256 e. The Morgan fingerprint density at radius 2 is 2.11 bits per heavy atom. The molecule has 2 aromatic rings. The molecule has 6 nitrogen and oxygen atoms in total. The van der Waals surface area contributed by atoms with Crippen LogP contribution in [-0.4, -0.2) is 51.5 Å². The second-order valence-electron chi connectivity index (χ2n) is 6.24. The van der Waals surface area contributed by atoms with Gasteiger partial charge in [0.1, 0.15) is 11.5 Å². The van der Waals surface area contributed by atoms with E-state index in [1.54, 1.807) is 18.2 Å². The van der Waals surface area contributed by atoms with Gasteiger partial charge < -0.3 is 9.80 Å². The summed E-state index contributed by atoms with van der Waals surface area (Å²) < 4.78 is 12.8. The van der Waals surface area contributed by atoms with E-state index in [9.17, 15) is 8.68 Å². The minimum Gasteiger partial charge on any atom is -0.327 e. The maximum absolute atomic E-state index is 12.9. The van der Waals surface area contributed by atoms with Crippen LogP contribution in [0.25, 0.3) is 0 Å². The Kier molecular flexibility index (Phi) is 6.22. The number of hydrogen-bond acceptors (Lipinski definition) is 5. The van der Waals surface area contributed by atoms with E-state index in [1.165, 1.54) is 28.1 Å². The fraction of sp³-hybridized carbons (Fsp3) is 0.222. The fourth-order valence-corrected chi connectivity index (χ4v) is 3.57. The summed E-state index contributed by atoms with van der Waals surface area (Å²) in [5.41, 5.74) is 0.531. The van der Waals surface area contributed by atoms with E-state index in [-0.39, 0.29) is 70.2 Å². The van der Waals surface area contributed by atoms with E-state index in [1.807, 2.05) is 6.92 Å². The van der Waals surface area contributed by atoms with Crippen LogP contribution in [0.1, 0.15) is 23.0 Å². The van der Waals surface area contributed by atoms with Gasteiger partial charge in [-0.3, -0.25) is 20.6 Å². The number of piperazine rings is 1. The number of benzene rings is 1. The van der Waals surface area contributed by atoms with Gasteiger partial charge in [0.25, 0.3) is 5.91 Å². The Labute approximate surface area is 175 Å². The van der Waals surface area contributed by atoms with E-state index in [2.05, 4.69) is 4.98 Å². The van der Waals surface area contributed by atoms with Crippen LogP contribution < -0.4 is 0 Å². The predicted molar refractivity (Wildman–Crippen MR) is 109 cm³/mol. The standard InChI is InChI=1S/C18H16Cl2FN5OS/c1-10-8-26(17(23)14-7-11(28-21)5-6-24-14)15(22)9-25(10)18(27)12-3-2-4-13(19)16(12)20/h2-7,10,22-23H,8-9H2,1H3. The van der Waals surface area contributed by atoms with Crippen molar-refractivity contribution in [2.75, 3.05) is 13.1 Å². The molecule has 1 unspecified atom stereocenters. The molecule has 1 saturated heterocycles. The highest BCUT2D eigenvalue weighted by atomic mass is 35.5. The van der Waals surface area contributed by atoms with Crippen molar-refractivity contribution in [2.24, 2.45) is 0 Å². The maximum Gasteiger partial charge on any atom is 0.256 e. The first-order chi connectivity index (χ1) is 13.3. The lowest BCUT2D eigenvalue weighted by molar-refractivity contribution is 0.0683. The number of amides is 1. The molecular formula is C18H16Cl2FN5OS. The van der Waals surface area contributed by atoms with Gasteiger partial charge in [0.15, 0.2) is 5.84 Å². The van der Waals surface area contributed by atoms with Gasteiger partial charge in [0.05, 0.1) is 34.3 Å². The molecule has 1 atom stereocenters. The zero-order chi connectivity index (χ0) is 20.4. The van der Waals surface area contributed by atoms with Crippen LogP contribution in [0.4, 0.5) is 3.89 Å². The van der Waals surface area contributed by atoms with Gasteiger partial charge in [-0.05, 0) is 31.2 Å². The highest BCUT2D eigenvalue weighted by molar-refractivity contribution is 7.94. The molecule has 0 bridgehead atoms. The van der Waals surface area contributed by atoms with Crippen molar-refractivity contribution in [2.45, 2.75) is 17.9 Å². The first kappa shape index (κ1) is 20.6. The number of rotatable bonds is 3. The SMILES string of the molecule is CC1CN(C(=N)c2cc(SF)ccn2)C(=N)CN1C(=O)c1cccc(Cl)c1Cl. The molecule has 3 rings (SSSR count). The summed E-state index contributed by atoms with van der Waals surface area (Å²) in [6.45, 7) is 2.06. The lowest BCUT2D eigenvalue weighted by Crippen LogP contribution is -2.58. The largest absolute Gasteiger partial charge is 0.327 e. The first-order valence-electron chi connectivity index (χ1n) is 8.27. The van der Waals surface area contributed by atoms with Crippen molar-refractivity contribution in [1.82, 2.24) is 14.8 Å². The summed E-state index contributed by atoms with van der Waals surface area (Å²) in [7, 11) is 0. The normalized spacial score (nSPS) is 17.0. The second kappa shape index (κ2) is 8.46. The Balaban J connectivity index is 1.80. The molecule has 1 amide bonds. The van der Waals surface area contributed by atoms with Crippen LogP contribution in [0.2, 0.25) is 10.0 Å². The number of carbonyl (C=O) groups is 1. The van der Waals surface area contributed by atoms with Crippen molar-refractivity contribution >= 4 is 52.9 Å². The molecule has 0 saturated carbocycles. The minimum atomic E-state index is -0.329. The zero-order valence-electron chi connectivity index (χ0n) is 14.7. The predicted octanol–water partition coefficient (Wildman–Crippen LogP) is 4.51. The van der Waals surface area contributed by atoms with E-state index in [0.29, 0.717) is 4.90 Å². The molecular weight excluding hydrogens is 424 g/mol. The summed E-state index contributed by atoms with van der Waals surface area (Å²) >= 11 is 12.2. The van der Waals surface area contributed by atoms with Crippen LogP contribution in [0.5, 0.6) is 0 Å². The maximum atomic E-state index is 12.9. The fourth-order valence-electron chi connectivity index (χ4n) is 2.92. The van der Waals surface area contributed by atoms with Crippen LogP contribution >= 0.6 is 35.3 Å². The summed E-state index contributed by atoms with van der Waals surface area (Å²) in [6, 6.07) is 7.49. The number of nitrogens with one attached hydrogen (secondary N) is 2. The van der Waals surface area contributed by atoms with Gasteiger partial charge in [-0.1, -0.05) is 29.3 Å². The number of hydrogen-bond donors (Lipinski definition) is 2. The lowest BCUT2D eigenvalue weighted by Gasteiger charge is -2.41. The molecule has 1 aliphatic heterocycles. The van der Waals surface area contributed by atoms with Gasteiger partial charge in [0.2, 0.25) is 0 Å². The van der Waals surface area contributed by atoms with Gasteiger partial charge in [0, 0.05) is 23.7 Å². The third kappa shape index (κ3) is 3.99. The van der Waals surface area contributed by atoms with Crippen molar-refractivity contribution in [3.63, 3.8) is 0 Å². The number of nitrogens with zero attached hydrogens (tertiary/aromatic N) is 3. The number of pyridine rings is 1. The molecule has 1 aromatic carbocycles. The second-order valence-corrected chi connectivity index (χ2v) is 7.65. The molecule has 28 heavy (non-hydrogen) atoms. The van der Waals surface area contributed by atoms with Crippen LogP contribution in [-0.2, 0) is 0 Å². The minimum absolute atomic E-state index is 0.00275. The molecule has 2 N–H and O–H groups in total. The van der Waals surface area contributed by atoms with Gasteiger partial charge in [-0.15, -0.1) is 0 Å². The van der Waals surface area contributed by atoms with Crippen LogP contribution in [0, 0.1) is 10.8 Å². The molecule has 0 radical (unpaired) electrons. The molecule has 0 aliphatic carbocycles. The van der Waals surface area contributed by atoms with Crippen LogP contribution in [0.15, 0.2) is 41.4 Å². The Bertz CT molecular complexity index is 957. The van der Waals surface area contributed by atoms with E-state index in [0.717, 1.165) is 0 Å². The van der Waals surface area contributed by atoms with Crippen molar-refractivity contribution < 1.29 is 8.68 Å². The monoisotopic (exact) mass is 439 g/mol. The quantitative estimate of drug-likeness (QED) is 0.543. The molecule has 1 fully saturated rings. The van der Waals surface area contributed by atoms with E-state index in [4.69, 9.17) is 34.0 Å². The van der Waals surface area contributed by atoms with Gasteiger partial charge in [-0.25, -0.2) is 0 Å². The van der Waals surface area contributed by atoms with Crippen molar-refractivity contribution in [3.8, 4) is 0 Å². The summed E-state index contributed by atoms with van der Waals surface area (Å²) in [6.07, 6.45) is 1.42. The summed E-state index contributed by atoms with van der Waals surface area (Å²) in [5, 5.41) is 17.1. The zero-order valence-corrected chi connectivity index (χ0v) is 17.1. The third-order valence-electron chi connectivity index (χ3n) is 4.40. The van der Waals surface area contributed by atoms with Gasteiger partial charge in [-0.2, -0.15) is 3.89 Å². The highest BCUT2D eigenvalue weighted by Gasteiger charge is 2.34. The number of amidine groups is 2. The van der Waals surface area contributed by atoms with E-state index >= 15 is 0 Å². The number of aromatic nitrogens is 1. The molecule has 1 aromatic heterocycles. The van der Waals surface area contributed by atoms with Crippen molar-refractivity contribution in [1.29, 1.82) is 10.8 Å². The van der Waals surface area contributed by atoms with E-state index < -0.39 is 0 Å². The molecule has 2 heterocycles. The van der Waals surface area contributed by atoms with Crippen LogP contribution in [0.3, 0.4) is 0 Å². The number of carbonyl (C=O) groups excluding carboxylic acids is 1. The third-order valence-corrected chi connectivity index (χ3v) is 5.65.